The highest BCUT2D eigenvalue weighted by Crippen LogP contribution is 2.23. The van der Waals surface area contributed by atoms with E-state index in [1.807, 2.05) is 12.3 Å². The van der Waals surface area contributed by atoms with Crippen molar-refractivity contribution in [3.8, 4) is 0 Å². The van der Waals surface area contributed by atoms with Crippen molar-refractivity contribution in [1.82, 2.24) is 25.3 Å². The van der Waals surface area contributed by atoms with Gasteiger partial charge in [0.1, 0.15) is 5.82 Å². The molecule has 1 aromatic carbocycles. The summed E-state index contributed by atoms with van der Waals surface area (Å²) in [6.45, 7) is 2.35. The van der Waals surface area contributed by atoms with Crippen LogP contribution in [0.15, 0.2) is 36.7 Å². The molecule has 3 rings (SSSR count). The Labute approximate surface area is 167 Å². The number of carbonyl (C=O) groups is 2. The summed E-state index contributed by atoms with van der Waals surface area (Å²) >= 11 is 6.11. The van der Waals surface area contributed by atoms with Crippen molar-refractivity contribution < 1.29 is 14.0 Å². The molecule has 2 aromatic rings. The monoisotopic (exact) mass is 407 g/mol. The number of hydrogen-bond acceptors (Lipinski definition) is 4. The van der Waals surface area contributed by atoms with Gasteiger partial charge in [-0.05, 0) is 24.6 Å². The number of hydrogen-bond donors (Lipinski definition) is 2. The average molecular weight is 408 g/mol. The van der Waals surface area contributed by atoms with Gasteiger partial charge in [0.05, 0.1) is 12.5 Å². The molecule has 1 atom stereocenters. The van der Waals surface area contributed by atoms with E-state index < -0.39 is 11.9 Å². The number of piperazine rings is 1. The number of nitrogens with one attached hydrogen (secondary N) is 2. The fourth-order valence-electron chi connectivity index (χ4n) is 3.21. The lowest BCUT2D eigenvalue weighted by molar-refractivity contribution is -0.134. The fourth-order valence-corrected chi connectivity index (χ4v) is 3.43. The van der Waals surface area contributed by atoms with E-state index in [9.17, 15) is 14.0 Å². The number of halogens is 2. The molecule has 1 aromatic heterocycles. The van der Waals surface area contributed by atoms with E-state index in [0.29, 0.717) is 36.8 Å². The summed E-state index contributed by atoms with van der Waals surface area (Å²) in [6, 6.07) is 5.68. The van der Waals surface area contributed by atoms with Gasteiger partial charge in [0, 0.05) is 55.7 Å². The second-order valence-electron chi connectivity index (χ2n) is 6.65. The summed E-state index contributed by atoms with van der Waals surface area (Å²) in [5.41, 5.74) is 0.337. The zero-order valence-corrected chi connectivity index (χ0v) is 16.2. The fraction of sp³-hybridized carbons (Fsp3) is 0.421. The molecule has 1 saturated heterocycles. The molecule has 0 bridgehead atoms. The van der Waals surface area contributed by atoms with Gasteiger partial charge in [-0.1, -0.05) is 17.7 Å². The van der Waals surface area contributed by atoms with E-state index in [0.717, 1.165) is 6.42 Å². The van der Waals surface area contributed by atoms with Crippen molar-refractivity contribution in [2.45, 2.75) is 32.0 Å². The summed E-state index contributed by atoms with van der Waals surface area (Å²) in [4.78, 5) is 26.4. The molecular weight excluding hydrogens is 385 g/mol. The summed E-state index contributed by atoms with van der Waals surface area (Å²) in [5.74, 6) is -0.863. The average Bonchev–Trinajstić information content (AvgIpc) is 3.18. The van der Waals surface area contributed by atoms with Crippen LogP contribution in [0.3, 0.4) is 0 Å². The van der Waals surface area contributed by atoms with Gasteiger partial charge in [0.25, 0.3) is 0 Å². The van der Waals surface area contributed by atoms with E-state index in [1.54, 1.807) is 21.8 Å². The van der Waals surface area contributed by atoms with Gasteiger partial charge in [-0.3, -0.25) is 19.2 Å². The minimum atomic E-state index is -0.657. The number of carbonyl (C=O) groups excluding carboxylic acids is 2. The van der Waals surface area contributed by atoms with Gasteiger partial charge < -0.3 is 10.6 Å². The molecule has 0 unspecified atom stereocenters. The van der Waals surface area contributed by atoms with Crippen LogP contribution in [0.5, 0.6) is 0 Å². The molecule has 2 N–H and O–H groups in total. The van der Waals surface area contributed by atoms with Crippen LogP contribution in [0.2, 0.25) is 5.02 Å². The molecule has 0 saturated carbocycles. The maximum Gasteiger partial charge on any atom is 0.237 e. The zero-order valence-electron chi connectivity index (χ0n) is 15.4. The standard InChI is InChI=1S/C19H23ClFN5O2/c20-15-4-1-5-16(21)14(15)13-25-11-8-23-19(28)17(25)12-18(27)22-6-2-9-26-10-3-7-24-26/h1,3-5,7,10,17H,2,6,8-9,11-13H2,(H,22,27)(H,23,28)/t17-/m1/s1. The van der Waals surface area contributed by atoms with Crippen LogP contribution in [0, 0.1) is 5.82 Å². The Balaban J connectivity index is 1.54. The summed E-state index contributed by atoms with van der Waals surface area (Å²) < 4.78 is 15.9. The zero-order chi connectivity index (χ0) is 19.9. The van der Waals surface area contributed by atoms with Crippen LogP contribution in [0.4, 0.5) is 4.39 Å². The van der Waals surface area contributed by atoms with E-state index in [1.165, 1.54) is 12.1 Å². The summed E-state index contributed by atoms with van der Waals surface area (Å²) in [6.07, 6.45) is 4.31. The number of rotatable bonds is 8. The first-order valence-corrected chi connectivity index (χ1v) is 9.61. The number of aromatic nitrogens is 2. The maximum absolute atomic E-state index is 14.1. The molecule has 2 amide bonds. The van der Waals surface area contributed by atoms with Crippen LogP contribution in [-0.2, 0) is 22.7 Å². The second-order valence-corrected chi connectivity index (χ2v) is 7.06. The Morgan fingerprint density at radius 2 is 2.25 bits per heavy atom. The lowest BCUT2D eigenvalue weighted by Crippen LogP contribution is -2.56. The minimum Gasteiger partial charge on any atom is -0.356 e. The molecule has 1 aliphatic rings. The minimum absolute atomic E-state index is 0.0136. The lowest BCUT2D eigenvalue weighted by Gasteiger charge is -2.35. The molecule has 1 aliphatic heterocycles. The lowest BCUT2D eigenvalue weighted by atomic mass is 10.1. The van der Waals surface area contributed by atoms with Crippen molar-refractivity contribution in [2.75, 3.05) is 19.6 Å². The van der Waals surface area contributed by atoms with Crippen molar-refractivity contribution in [3.05, 3.63) is 53.1 Å². The topological polar surface area (TPSA) is 79.3 Å². The molecule has 1 fully saturated rings. The highest BCUT2D eigenvalue weighted by molar-refractivity contribution is 6.31. The normalized spacial score (nSPS) is 17.4. The highest BCUT2D eigenvalue weighted by Gasteiger charge is 2.32. The smallest absolute Gasteiger partial charge is 0.237 e. The first kappa shape index (κ1) is 20.3. The number of amides is 2. The van der Waals surface area contributed by atoms with Crippen molar-refractivity contribution in [2.24, 2.45) is 0 Å². The van der Waals surface area contributed by atoms with Crippen LogP contribution in [0.1, 0.15) is 18.4 Å². The Morgan fingerprint density at radius 3 is 3.00 bits per heavy atom. The molecular formula is C19H23ClFN5O2. The van der Waals surface area contributed by atoms with E-state index in [-0.39, 0.29) is 24.8 Å². The van der Waals surface area contributed by atoms with Gasteiger partial charge in [0.2, 0.25) is 11.8 Å². The van der Waals surface area contributed by atoms with Crippen molar-refractivity contribution >= 4 is 23.4 Å². The quantitative estimate of drug-likeness (QED) is 0.651. The van der Waals surface area contributed by atoms with E-state index in [4.69, 9.17) is 11.6 Å². The number of benzene rings is 1. The molecule has 0 radical (unpaired) electrons. The molecule has 150 valence electrons. The third-order valence-corrected chi connectivity index (χ3v) is 5.04. The number of aryl methyl sites for hydroxylation is 1. The number of nitrogens with zero attached hydrogens (tertiary/aromatic N) is 3. The Hall–Kier alpha value is -2.45. The largest absolute Gasteiger partial charge is 0.356 e. The molecule has 28 heavy (non-hydrogen) atoms. The van der Waals surface area contributed by atoms with Crippen LogP contribution in [-0.4, -0.2) is 52.2 Å². The van der Waals surface area contributed by atoms with E-state index in [2.05, 4.69) is 15.7 Å². The van der Waals surface area contributed by atoms with Gasteiger partial charge in [-0.15, -0.1) is 0 Å². The molecule has 2 heterocycles. The van der Waals surface area contributed by atoms with Gasteiger partial charge in [-0.25, -0.2) is 4.39 Å². The van der Waals surface area contributed by atoms with Gasteiger partial charge in [0.15, 0.2) is 0 Å². The Morgan fingerprint density at radius 1 is 1.39 bits per heavy atom. The predicted octanol–water partition coefficient (Wildman–Crippen LogP) is 1.57. The van der Waals surface area contributed by atoms with Crippen LogP contribution < -0.4 is 10.6 Å². The summed E-state index contributed by atoms with van der Waals surface area (Å²) in [5, 5.41) is 10.0. The predicted molar refractivity (Wildman–Crippen MR) is 103 cm³/mol. The van der Waals surface area contributed by atoms with Crippen LogP contribution in [0.25, 0.3) is 0 Å². The molecule has 7 nitrogen and oxygen atoms in total. The van der Waals surface area contributed by atoms with Crippen molar-refractivity contribution in [3.63, 3.8) is 0 Å². The van der Waals surface area contributed by atoms with Crippen LogP contribution >= 0.6 is 11.6 Å². The van der Waals surface area contributed by atoms with Gasteiger partial charge in [-0.2, -0.15) is 5.10 Å². The third kappa shape index (κ3) is 5.30. The van der Waals surface area contributed by atoms with E-state index >= 15 is 0 Å². The second kappa shape index (κ2) is 9.66. The Kier molecular flexibility index (Phi) is 7.00. The molecule has 9 heteroatoms. The molecule has 0 spiro atoms. The molecule has 0 aliphatic carbocycles. The highest BCUT2D eigenvalue weighted by atomic mass is 35.5. The SMILES string of the molecule is O=C(C[C@@H]1C(=O)NCCN1Cc1c(F)cccc1Cl)NCCCn1cccn1. The first-order valence-electron chi connectivity index (χ1n) is 9.23. The van der Waals surface area contributed by atoms with Gasteiger partial charge >= 0.3 is 0 Å². The third-order valence-electron chi connectivity index (χ3n) is 4.69. The first-order chi connectivity index (χ1) is 13.5. The van der Waals surface area contributed by atoms with Crippen molar-refractivity contribution in [1.29, 1.82) is 0 Å². The summed E-state index contributed by atoms with van der Waals surface area (Å²) in [7, 11) is 0. The maximum atomic E-state index is 14.1. The Bertz CT molecular complexity index is 794.